The second-order valence-corrected chi connectivity index (χ2v) is 7.82. The van der Waals surface area contributed by atoms with Gasteiger partial charge >= 0.3 is 14.5 Å². The van der Waals surface area contributed by atoms with Crippen LogP contribution in [0, 0.1) is 0 Å². The quantitative estimate of drug-likeness (QED) is 0.440. The predicted molar refractivity (Wildman–Crippen MR) is 82.6 cm³/mol. The zero-order valence-corrected chi connectivity index (χ0v) is 13.6. The minimum atomic E-state index is -4.62. The van der Waals surface area contributed by atoms with Gasteiger partial charge in [-0.25, -0.2) is 4.57 Å². The summed E-state index contributed by atoms with van der Waals surface area (Å²) in [5.74, 6) is 0.320. The van der Waals surface area contributed by atoms with Crippen LogP contribution in [-0.4, -0.2) is 9.79 Å². The molecule has 2 rings (SSSR count). The largest absolute Gasteiger partial charge is 0.555 e. The number of rotatable bonds is 7. The van der Waals surface area contributed by atoms with E-state index in [0.29, 0.717) is 0 Å². The minimum Gasteiger partial charge on any atom is -0.423 e. The van der Waals surface area contributed by atoms with Crippen molar-refractivity contribution in [3.05, 3.63) is 60.7 Å². The average Bonchev–Trinajstić information content (AvgIpc) is 2.47. The lowest BCUT2D eigenvalue weighted by Crippen LogP contribution is -2.01. The van der Waals surface area contributed by atoms with Crippen LogP contribution in [0.25, 0.3) is 0 Å². The Morgan fingerprint density at radius 1 is 0.773 bits per heavy atom. The molecule has 0 aliphatic carbocycles. The molecule has 2 atom stereocenters. The molecule has 7 nitrogen and oxygen atoms in total. The molecule has 2 aromatic carbocycles. The van der Waals surface area contributed by atoms with Gasteiger partial charge in [-0.3, -0.25) is 4.89 Å². The van der Waals surface area contributed by atoms with Gasteiger partial charge in [0.15, 0.2) is 0 Å². The topological polar surface area (TPSA) is 94.5 Å². The maximum absolute atomic E-state index is 11.7. The summed E-state index contributed by atoms with van der Waals surface area (Å²) in [6, 6.07) is 15.9. The number of hydrogen-bond donors (Lipinski definition) is 2. The van der Waals surface area contributed by atoms with Crippen molar-refractivity contribution in [2.24, 2.45) is 0 Å². The van der Waals surface area contributed by atoms with Gasteiger partial charge in [0.1, 0.15) is 11.5 Å². The Bertz CT molecular complexity index is 634. The number of benzene rings is 2. The van der Waals surface area contributed by atoms with E-state index in [9.17, 15) is 14.4 Å². The lowest BCUT2D eigenvalue weighted by atomic mass is 10.3. The first-order valence-corrected chi connectivity index (χ1v) is 9.98. The van der Waals surface area contributed by atoms with E-state index in [2.05, 4.69) is 21.2 Å². The van der Waals surface area contributed by atoms with Crippen molar-refractivity contribution < 1.29 is 32.7 Å². The average molecular weight is 362 g/mol. The summed E-state index contributed by atoms with van der Waals surface area (Å²) < 4.78 is 30.0. The zero-order chi connectivity index (χ0) is 16.1. The number of phosphoric ester groups is 1. The smallest absolute Gasteiger partial charge is 0.423 e. The summed E-state index contributed by atoms with van der Waals surface area (Å²) in [6.07, 6.45) is 0. The van der Waals surface area contributed by atoms with Gasteiger partial charge < -0.3 is 13.9 Å². The van der Waals surface area contributed by atoms with Crippen molar-refractivity contribution >= 4 is 26.3 Å². The van der Waals surface area contributed by atoms with Crippen LogP contribution < -0.4 is 9.05 Å². The van der Waals surface area contributed by atoms with Crippen molar-refractivity contribution in [1.29, 1.82) is 0 Å². The maximum atomic E-state index is 11.7. The predicted octanol–water partition coefficient (Wildman–Crippen LogP) is 3.41. The molecule has 0 radical (unpaired) electrons. The molecule has 0 aromatic heterocycles. The third-order valence-corrected chi connectivity index (χ3v) is 4.08. The Kier molecular flexibility index (Phi) is 5.72. The van der Waals surface area contributed by atoms with Gasteiger partial charge in [-0.05, 0) is 24.3 Å². The molecule has 2 aromatic rings. The Hall–Kier alpha value is -1.24. The molecule has 0 saturated heterocycles. The SMILES string of the molecule is O=P(O)(OOP(O)(=S)Oc1ccccc1)Oc1ccccc1. The van der Waals surface area contributed by atoms with Gasteiger partial charge in [-0.2, -0.15) is 0 Å². The first-order chi connectivity index (χ1) is 10.4. The fourth-order valence-corrected chi connectivity index (χ4v) is 3.36. The molecule has 0 aliphatic rings. The molecule has 0 saturated carbocycles. The lowest BCUT2D eigenvalue weighted by Gasteiger charge is -2.17. The first kappa shape index (κ1) is 17.1. The number of hydrogen-bond acceptors (Lipinski definition) is 6. The van der Waals surface area contributed by atoms with Crippen LogP contribution in [0.2, 0.25) is 0 Å². The van der Waals surface area contributed by atoms with E-state index >= 15 is 0 Å². The molecule has 22 heavy (non-hydrogen) atoms. The fraction of sp³-hybridized carbons (Fsp3) is 0. The molecule has 10 heteroatoms. The summed E-state index contributed by atoms with van der Waals surface area (Å²) in [5.41, 5.74) is 0. The molecule has 0 spiro atoms. The number of para-hydroxylation sites is 2. The second-order valence-electron chi connectivity index (χ2n) is 3.89. The highest BCUT2D eigenvalue weighted by Crippen LogP contribution is 2.52. The van der Waals surface area contributed by atoms with Crippen molar-refractivity contribution in [1.82, 2.24) is 0 Å². The third kappa shape index (κ3) is 5.87. The molecule has 2 N–H and O–H groups in total. The normalized spacial score (nSPS) is 16.3. The molecule has 0 heterocycles. The van der Waals surface area contributed by atoms with Crippen molar-refractivity contribution in [2.75, 3.05) is 0 Å². The molecule has 0 aliphatic heterocycles. The van der Waals surface area contributed by atoms with Crippen molar-refractivity contribution in [3.63, 3.8) is 0 Å². The Labute approximate surface area is 131 Å². The van der Waals surface area contributed by atoms with Crippen LogP contribution >= 0.6 is 14.5 Å². The summed E-state index contributed by atoms with van der Waals surface area (Å²) in [6.45, 7) is -3.92. The highest BCUT2D eigenvalue weighted by molar-refractivity contribution is 8.07. The molecule has 2 unspecified atom stereocenters. The van der Waals surface area contributed by atoms with Gasteiger partial charge in [-0.15, -0.1) is 9.35 Å². The van der Waals surface area contributed by atoms with E-state index in [-0.39, 0.29) is 11.5 Å². The minimum absolute atomic E-state index is 0.0900. The van der Waals surface area contributed by atoms with Crippen molar-refractivity contribution in [2.45, 2.75) is 0 Å². The summed E-state index contributed by atoms with van der Waals surface area (Å²) in [5, 5.41) is 0. The monoisotopic (exact) mass is 362 g/mol. The Balaban J connectivity index is 1.93. The second kappa shape index (κ2) is 7.35. The number of phosphoric acid groups is 1. The van der Waals surface area contributed by atoms with Crippen LogP contribution in [0.4, 0.5) is 0 Å². The standard InChI is InChI=1S/C12H12O7P2S/c13-20(14,16-11-7-3-1-4-8-11)18-19-21(15,22)17-12-9-5-2-6-10-12/h1-10H,(H,13,14)(H,15,22). The maximum Gasteiger partial charge on any atom is 0.555 e. The van der Waals surface area contributed by atoms with E-state index in [1.54, 1.807) is 36.4 Å². The van der Waals surface area contributed by atoms with Crippen LogP contribution in [-0.2, 0) is 25.7 Å². The van der Waals surface area contributed by atoms with Gasteiger partial charge in [0, 0.05) is 11.8 Å². The molecule has 0 fully saturated rings. The van der Waals surface area contributed by atoms with Gasteiger partial charge in [0.2, 0.25) is 0 Å². The fourth-order valence-electron chi connectivity index (χ4n) is 1.34. The Morgan fingerprint density at radius 3 is 1.73 bits per heavy atom. The Morgan fingerprint density at radius 2 is 1.23 bits per heavy atom. The first-order valence-electron chi connectivity index (χ1n) is 5.89. The van der Waals surface area contributed by atoms with E-state index in [1.165, 1.54) is 24.3 Å². The highest BCUT2D eigenvalue weighted by atomic mass is 32.5. The molecule has 118 valence electrons. The van der Waals surface area contributed by atoms with E-state index < -0.39 is 14.5 Å². The van der Waals surface area contributed by atoms with E-state index in [0.717, 1.165) is 0 Å². The van der Waals surface area contributed by atoms with Crippen molar-refractivity contribution in [3.8, 4) is 11.5 Å². The molecular weight excluding hydrogens is 350 g/mol. The van der Waals surface area contributed by atoms with Gasteiger partial charge in [0.05, 0.1) is 0 Å². The third-order valence-electron chi connectivity index (χ3n) is 2.15. The molecular formula is C12H12O7P2S. The van der Waals surface area contributed by atoms with Crippen LogP contribution in [0.15, 0.2) is 60.7 Å². The summed E-state index contributed by atoms with van der Waals surface area (Å²) in [7, 11) is -4.62. The summed E-state index contributed by atoms with van der Waals surface area (Å²) >= 11 is 4.67. The highest BCUT2D eigenvalue weighted by Gasteiger charge is 2.30. The van der Waals surface area contributed by atoms with Crippen LogP contribution in [0.3, 0.4) is 0 Å². The van der Waals surface area contributed by atoms with Crippen LogP contribution in [0.5, 0.6) is 11.5 Å². The van der Waals surface area contributed by atoms with Gasteiger partial charge in [-0.1, -0.05) is 36.4 Å². The summed E-state index contributed by atoms with van der Waals surface area (Å²) in [4.78, 5) is 19.3. The lowest BCUT2D eigenvalue weighted by molar-refractivity contribution is -0.129. The zero-order valence-electron chi connectivity index (χ0n) is 11.0. The molecule has 0 amide bonds. The van der Waals surface area contributed by atoms with E-state index in [4.69, 9.17) is 9.05 Å². The van der Waals surface area contributed by atoms with E-state index in [1.807, 2.05) is 0 Å². The van der Waals surface area contributed by atoms with Crippen LogP contribution in [0.1, 0.15) is 0 Å². The van der Waals surface area contributed by atoms with Gasteiger partial charge in [0.25, 0.3) is 0 Å². The molecule has 0 bridgehead atoms.